The highest BCUT2D eigenvalue weighted by molar-refractivity contribution is 5.66. The average Bonchev–Trinajstić information content (AvgIpc) is 2.53. The van der Waals surface area contributed by atoms with Crippen molar-refractivity contribution in [3.8, 4) is 0 Å². The first-order chi connectivity index (χ1) is 6.72. The van der Waals surface area contributed by atoms with Gasteiger partial charge in [-0.25, -0.2) is 0 Å². The maximum atomic E-state index is 10.3. The lowest BCUT2D eigenvalue weighted by molar-refractivity contribution is -0.137. The topological polar surface area (TPSA) is 55.1 Å². The lowest BCUT2D eigenvalue weighted by Gasteiger charge is -1.95. The van der Waals surface area contributed by atoms with Gasteiger partial charge in [0.25, 0.3) is 0 Å². The molecule has 0 unspecified atom stereocenters. The summed E-state index contributed by atoms with van der Waals surface area (Å²) in [4.78, 5) is 10.3. The first-order valence-corrected chi connectivity index (χ1v) is 4.95. The third-order valence-corrected chi connectivity index (χ3v) is 2.00. The first kappa shape index (κ1) is 10.8. The van der Waals surface area contributed by atoms with E-state index in [4.69, 9.17) is 5.11 Å². The van der Waals surface area contributed by atoms with E-state index in [-0.39, 0.29) is 6.42 Å². The monoisotopic (exact) mass is 196 g/mol. The third-order valence-electron chi connectivity index (χ3n) is 2.00. The standard InChI is InChI=1S/C10H16N2O2/c1-2-6-12-8-9(7-11-12)4-3-5-10(13)14/h7-8H,2-6H2,1H3,(H,13,14). The van der Waals surface area contributed by atoms with E-state index >= 15 is 0 Å². The summed E-state index contributed by atoms with van der Waals surface area (Å²) in [6.07, 6.45) is 6.60. The number of carbonyl (C=O) groups is 1. The summed E-state index contributed by atoms with van der Waals surface area (Å²) < 4.78 is 1.90. The molecule has 0 amide bonds. The highest BCUT2D eigenvalue weighted by Gasteiger charge is 2.00. The number of hydrogen-bond donors (Lipinski definition) is 1. The van der Waals surface area contributed by atoms with Crippen molar-refractivity contribution in [2.75, 3.05) is 0 Å². The van der Waals surface area contributed by atoms with Crippen LogP contribution in [0.2, 0.25) is 0 Å². The summed E-state index contributed by atoms with van der Waals surface area (Å²) >= 11 is 0. The minimum absolute atomic E-state index is 0.235. The molecule has 0 aliphatic carbocycles. The van der Waals surface area contributed by atoms with Crippen LogP contribution >= 0.6 is 0 Å². The SMILES string of the molecule is CCCn1cc(CCCC(=O)O)cn1. The van der Waals surface area contributed by atoms with Gasteiger partial charge < -0.3 is 5.11 Å². The van der Waals surface area contributed by atoms with Gasteiger partial charge in [-0.1, -0.05) is 6.92 Å². The molecular weight excluding hydrogens is 180 g/mol. The summed E-state index contributed by atoms with van der Waals surface area (Å²) in [5.74, 6) is -0.731. The predicted molar refractivity (Wildman–Crippen MR) is 53.1 cm³/mol. The van der Waals surface area contributed by atoms with Crippen LogP contribution in [0.25, 0.3) is 0 Å². The highest BCUT2D eigenvalue weighted by atomic mass is 16.4. The molecule has 1 rings (SSSR count). The van der Waals surface area contributed by atoms with E-state index in [1.54, 1.807) is 0 Å². The van der Waals surface area contributed by atoms with Crippen LogP contribution in [0.15, 0.2) is 12.4 Å². The van der Waals surface area contributed by atoms with Crippen LogP contribution in [-0.2, 0) is 17.8 Å². The van der Waals surface area contributed by atoms with E-state index in [0.29, 0.717) is 6.42 Å². The van der Waals surface area contributed by atoms with Gasteiger partial charge in [0.2, 0.25) is 0 Å². The van der Waals surface area contributed by atoms with Crippen LogP contribution in [0.1, 0.15) is 31.7 Å². The zero-order valence-corrected chi connectivity index (χ0v) is 8.44. The van der Waals surface area contributed by atoms with Gasteiger partial charge in [-0.2, -0.15) is 5.10 Å². The number of hydrogen-bond acceptors (Lipinski definition) is 2. The van der Waals surface area contributed by atoms with Crippen molar-refractivity contribution in [3.05, 3.63) is 18.0 Å². The van der Waals surface area contributed by atoms with Gasteiger partial charge in [-0.05, 0) is 24.8 Å². The molecular formula is C10H16N2O2. The molecule has 4 nitrogen and oxygen atoms in total. The lowest BCUT2D eigenvalue weighted by Crippen LogP contribution is -1.96. The second-order valence-electron chi connectivity index (χ2n) is 3.36. The van der Waals surface area contributed by atoms with E-state index in [1.807, 2.05) is 17.1 Å². The molecule has 78 valence electrons. The van der Waals surface area contributed by atoms with Crippen molar-refractivity contribution >= 4 is 5.97 Å². The fourth-order valence-corrected chi connectivity index (χ4v) is 1.33. The summed E-state index contributed by atoms with van der Waals surface area (Å²) in [6, 6.07) is 0. The molecule has 0 saturated heterocycles. The van der Waals surface area contributed by atoms with Crippen LogP contribution < -0.4 is 0 Å². The molecule has 0 bridgehead atoms. The van der Waals surface area contributed by atoms with Gasteiger partial charge in [0.05, 0.1) is 6.20 Å². The van der Waals surface area contributed by atoms with Crippen molar-refractivity contribution in [1.29, 1.82) is 0 Å². The molecule has 1 N–H and O–H groups in total. The molecule has 0 aliphatic heterocycles. The number of aliphatic carboxylic acids is 1. The molecule has 0 radical (unpaired) electrons. The third kappa shape index (κ3) is 3.60. The number of aryl methyl sites for hydroxylation is 2. The predicted octanol–water partition coefficient (Wildman–Crippen LogP) is 1.70. The number of rotatable bonds is 6. The van der Waals surface area contributed by atoms with E-state index < -0.39 is 5.97 Å². The summed E-state index contributed by atoms with van der Waals surface area (Å²) in [7, 11) is 0. The average molecular weight is 196 g/mol. The molecule has 14 heavy (non-hydrogen) atoms. The Labute approximate surface area is 83.5 Å². The molecule has 0 spiro atoms. The minimum Gasteiger partial charge on any atom is -0.481 e. The fraction of sp³-hybridized carbons (Fsp3) is 0.600. The normalized spacial score (nSPS) is 10.4. The summed E-state index contributed by atoms with van der Waals surface area (Å²) in [6.45, 7) is 3.03. The highest BCUT2D eigenvalue weighted by Crippen LogP contribution is 2.04. The molecule has 4 heteroatoms. The van der Waals surface area contributed by atoms with Crippen molar-refractivity contribution in [1.82, 2.24) is 9.78 Å². The molecule has 0 fully saturated rings. The molecule has 1 aromatic rings. The van der Waals surface area contributed by atoms with Crippen molar-refractivity contribution in [3.63, 3.8) is 0 Å². The van der Waals surface area contributed by atoms with Gasteiger partial charge in [-0.15, -0.1) is 0 Å². The van der Waals surface area contributed by atoms with Crippen molar-refractivity contribution in [2.24, 2.45) is 0 Å². The largest absolute Gasteiger partial charge is 0.481 e. The number of carboxylic acid groups (broad SMARTS) is 1. The van der Waals surface area contributed by atoms with Gasteiger partial charge in [0.15, 0.2) is 0 Å². The summed E-state index contributed by atoms with van der Waals surface area (Å²) in [5, 5.41) is 12.6. The van der Waals surface area contributed by atoms with Crippen molar-refractivity contribution < 1.29 is 9.90 Å². The van der Waals surface area contributed by atoms with Crippen molar-refractivity contribution in [2.45, 2.75) is 39.2 Å². The quantitative estimate of drug-likeness (QED) is 0.753. The second-order valence-corrected chi connectivity index (χ2v) is 3.36. The van der Waals surface area contributed by atoms with Gasteiger partial charge in [-0.3, -0.25) is 9.48 Å². The van der Waals surface area contributed by atoms with Gasteiger partial charge >= 0.3 is 5.97 Å². The minimum atomic E-state index is -0.731. The summed E-state index contributed by atoms with van der Waals surface area (Å²) in [5.41, 5.74) is 1.12. The van der Waals surface area contributed by atoms with E-state index in [1.165, 1.54) is 0 Å². The zero-order chi connectivity index (χ0) is 10.4. The molecule has 1 heterocycles. The molecule has 0 aromatic carbocycles. The van der Waals surface area contributed by atoms with Crippen LogP contribution in [0.5, 0.6) is 0 Å². The van der Waals surface area contributed by atoms with Crippen LogP contribution in [0.4, 0.5) is 0 Å². The van der Waals surface area contributed by atoms with Crippen LogP contribution in [-0.4, -0.2) is 20.9 Å². The molecule has 0 saturated carbocycles. The first-order valence-electron chi connectivity index (χ1n) is 4.95. The Bertz CT molecular complexity index is 294. The maximum Gasteiger partial charge on any atom is 0.303 e. The molecule has 0 aliphatic rings. The van der Waals surface area contributed by atoms with Crippen LogP contribution in [0, 0.1) is 0 Å². The second kappa shape index (κ2) is 5.42. The lowest BCUT2D eigenvalue weighted by atomic mass is 10.1. The Balaban J connectivity index is 2.32. The zero-order valence-electron chi connectivity index (χ0n) is 8.44. The molecule has 1 aromatic heterocycles. The molecule has 0 atom stereocenters. The Morgan fingerprint density at radius 1 is 1.64 bits per heavy atom. The number of carboxylic acids is 1. The number of aromatic nitrogens is 2. The smallest absolute Gasteiger partial charge is 0.303 e. The Hall–Kier alpha value is -1.32. The van der Waals surface area contributed by atoms with Crippen LogP contribution in [0.3, 0.4) is 0 Å². The number of nitrogens with zero attached hydrogens (tertiary/aromatic N) is 2. The Morgan fingerprint density at radius 3 is 3.07 bits per heavy atom. The van der Waals surface area contributed by atoms with E-state index in [0.717, 1.165) is 24.9 Å². The Kier molecular flexibility index (Phi) is 4.16. The Morgan fingerprint density at radius 2 is 2.43 bits per heavy atom. The van der Waals surface area contributed by atoms with E-state index in [9.17, 15) is 4.79 Å². The van der Waals surface area contributed by atoms with Gasteiger partial charge in [0, 0.05) is 19.2 Å². The van der Waals surface area contributed by atoms with Gasteiger partial charge in [0.1, 0.15) is 0 Å². The van der Waals surface area contributed by atoms with E-state index in [2.05, 4.69) is 12.0 Å². The fourth-order valence-electron chi connectivity index (χ4n) is 1.33. The maximum absolute atomic E-state index is 10.3.